The summed E-state index contributed by atoms with van der Waals surface area (Å²) in [6.45, 7) is 0.975. The first kappa shape index (κ1) is 16.2. The second-order valence-corrected chi connectivity index (χ2v) is 3.07. The quantitative estimate of drug-likeness (QED) is 0.730. The van der Waals surface area contributed by atoms with Crippen LogP contribution in [0.3, 0.4) is 0 Å². The molecule has 6 nitrogen and oxygen atoms in total. The summed E-state index contributed by atoms with van der Waals surface area (Å²) in [6.07, 6.45) is -5.56. The SMILES string of the molecule is CCOC(=O)[C@H](C#N)[C@@](O)(C(=O)OC)C(F)(F)F. The zero-order chi connectivity index (χ0) is 14.6. The molecule has 102 valence electrons. The number of alkyl halides is 3. The van der Waals surface area contributed by atoms with Crippen LogP contribution in [0.25, 0.3) is 0 Å². The highest BCUT2D eigenvalue weighted by atomic mass is 19.4. The van der Waals surface area contributed by atoms with Crippen molar-refractivity contribution in [3.05, 3.63) is 0 Å². The van der Waals surface area contributed by atoms with Crippen LogP contribution in [0.15, 0.2) is 0 Å². The number of aliphatic hydroxyl groups is 1. The highest BCUT2D eigenvalue weighted by Crippen LogP contribution is 2.37. The molecule has 0 heterocycles. The summed E-state index contributed by atoms with van der Waals surface area (Å²) < 4.78 is 46.0. The fourth-order valence-corrected chi connectivity index (χ4v) is 1.10. The van der Waals surface area contributed by atoms with E-state index in [4.69, 9.17) is 5.26 Å². The second-order valence-electron chi connectivity index (χ2n) is 3.07. The van der Waals surface area contributed by atoms with Gasteiger partial charge in [0, 0.05) is 0 Å². The van der Waals surface area contributed by atoms with Crippen LogP contribution in [-0.4, -0.2) is 42.5 Å². The van der Waals surface area contributed by atoms with Crippen molar-refractivity contribution in [2.24, 2.45) is 5.92 Å². The van der Waals surface area contributed by atoms with Crippen LogP contribution in [0, 0.1) is 17.2 Å². The third-order valence-electron chi connectivity index (χ3n) is 2.00. The topological polar surface area (TPSA) is 96.6 Å². The van der Waals surface area contributed by atoms with Gasteiger partial charge in [-0.25, -0.2) is 4.79 Å². The lowest BCUT2D eigenvalue weighted by atomic mass is 9.87. The first-order valence-electron chi connectivity index (χ1n) is 4.60. The lowest BCUT2D eigenvalue weighted by Crippen LogP contribution is -2.60. The molecule has 0 rings (SSSR count). The molecule has 0 spiro atoms. The molecular weight excluding hydrogens is 259 g/mol. The Morgan fingerprint density at radius 1 is 1.44 bits per heavy atom. The fraction of sp³-hybridized carbons (Fsp3) is 0.667. The monoisotopic (exact) mass is 269 g/mol. The Hall–Kier alpha value is -1.82. The summed E-state index contributed by atoms with van der Waals surface area (Å²) in [4.78, 5) is 22.2. The molecular formula is C9H10F3NO5. The molecule has 18 heavy (non-hydrogen) atoms. The van der Waals surface area contributed by atoms with Crippen molar-refractivity contribution in [3.63, 3.8) is 0 Å². The summed E-state index contributed by atoms with van der Waals surface area (Å²) in [7, 11) is 0.582. The smallest absolute Gasteiger partial charge is 0.430 e. The number of carbonyl (C=O) groups is 2. The van der Waals surface area contributed by atoms with Gasteiger partial charge in [-0.1, -0.05) is 0 Å². The molecule has 0 aliphatic rings. The number of rotatable bonds is 4. The Morgan fingerprint density at radius 2 is 1.94 bits per heavy atom. The first-order valence-corrected chi connectivity index (χ1v) is 4.60. The molecule has 0 aliphatic carbocycles. The highest BCUT2D eigenvalue weighted by molar-refractivity contribution is 5.90. The lowest BCUT2D eigenvalue weighted by molar-refractivity contribution is -0.272. The molecule has 9 heteroatoms. The third-order valence-corrected chi connectivity index (χ3v) is 2.00. The van der Waals surface area contributed by atoms with Crippen molar-refractivity contribution in [1.29, 1.82) is 5.26 Å². The van der Waals surface area contributed by atoms with E-state index in [0.29, 0.717) is 7.11 Å². The molecule has 0 aliphatic heterocycles. The van der Waals surface area contributed by atoms with Gasteiger partial charge in [0.2, 0.25) is 0 Å². The number of hydrogen-bond donors (Lipinski definition) is 1. The van der Waals surface area contributed by atoms with Crippen LogP contribution in [0.4, 0.5) is 13.2 Å². The number of hydrogen-bond acceptors (Lipinski definition) is 6. The number of carbonyl (C=O) groups excluding carboxylic acids is 2. The number of nitrogens with zero attached hydrogens (tertiary/aromatic N) is 1. The van der Waals surface area contributed by atoms with E-state index in [1.165, 1.54) is 6.92 Å². The maximum atomic E-state index is 12.7. The largest absolute Gasteiger partial charge is 0.467 e. The third kappa shape index (κ3) is 2.70. The van der Waals surface area contributed by atoms with E-state index in [-0.39, 0.29) is 6.61 Å². The van der Waals surface area contributed by atoms with Gasteiger partial charge < -0.3 is 14.6 Å². The minimum Gasteiger partial charge on any atom is -0.467 e. The predicted octanol–water partition coefficient (Wildman–Crippen LogP) is 0.156. The van der Waals surface area contributed by atoms with Crippen LogP contribution in [0.5, 0.6) is 0 Å². The summed E-state index contributed by atoms with van der Waals surface area (Å²) >= 11 is 0. The molecule has 0 radical (unpaired) electrons. The zero-order valence-electron chi connectivity index (χ0n) is 9.45. The van der Waals surface area contributed by atoms with Gasteiger partial charge in [0.1, 0.15) is 0 Å². The Morgan fingerprint density at radius 3 is 2.22 bits per heavy atom. The Bertz CT molecular complexity index is 375. The summed E-state index contributed by atoms with van der Waals surface area (Å²) in [5.41, 5.74) is -4.26. The highest BCUT2D eigenvalue weighted by Gasteiger charge is 2.68. The molecule has 0 saturated carbocycles. The fourth-order valence-electron chi connectivity index (χ4n) is 1.10. The number of nitriles is 1. The molecule has 0 aromatic rings. The van der Waals surface area contributed by atoms with Crippen LogP contribution >= 0.6 is 0 Å². The molecule has 0 unspecified atom stereocenters. The normalized spacial score (nSPS) is 16.1. The van der Waals surface area contributed by atoms with Crippen molar-refractivity contribution in [2.45, 2.75) is 18.7 Å². The van der Waals surface area contributed by atoms with Crippen molar-refractivity contribution in [3.8, 4) is 6.07 Å². The van der Waals surface area contributed by atoms with Gasteiger partial charge in [-0.2, -0.15) is 18.4 Å². The molecule has 0 aromatic heterocycles. The van der Waals surface area contributed by atoms with Gasteiger partial charge >= 0.3 is 18.1 Å². The Labute approximate surface area is 99.9 Å². The standard InChI is InChI=1S/C9H10F3NO5/c1-3-18-6(14)5(4-13)8(16,7(15)17-2)9(10,11)12/h5,16H,3H2,1-2H3/t5-,8+/m0/s1. The van der Waals surface area contributed by atoms with Gasteiger partial charge in [-0.05, 0) is 6.92 Å². The zero-order valence-corrected chi connectivity index (χ0v) is 9.45. The Kier molecular flexibility index (Phi) is 5.11. The second kappa shape index (κ2) is 5.68. The minimum absolute atomic E-state index is 0.313. The van der Waals surface area contributed by atoms with E-state index >= 15 is 0 Å². The van der Waals surface area contributed by atoms with E-state index in [2.05, 4.69) is 9.47 Å². The van der Waals surface area contributed by atoms with Crippen LogP contribution in [-0.2, 0) is 19.1 Å². The van der Waals surface area contributed by atoms with Gasteiger partial charge in [0.25, 0.3) is 5.60 Å². The van der Waals surface area contributed by atoms with Crippen LogP contribution in [0.1, 0.15) is 6.92 Å². The summed E-state index contributed by atoms with van der Waals surface area (Å²) in [5, 5.41) is 17.9. The lowest BCUT2D eigenvalue weighted by Gasteiger charge is -2.29. The van der Waals surface area contributed by atoms with E-state index in [1.54, 1.807) is 0 Å². The van der Waals surface area contributed by atoms with Crippen molar-refractivity contribution in [2.75, 3.05) is 13.7 Å². The number of ether oxygens (including phenoxy) is 2. The van der Waals surface area contributed by atoms with Gasteiger partial charge in [-0.15, -0.1) is 0 Å². The summed E-state index contributed by atoms with van der Waals surface area (Å²) in [6, 6.07) is 0.904. The van der Waals surface area contributed by atoms with Gasteiger partial charge in [0.05, 0.1) is 19.8 Å². The molecule has 0 bridgehead atoms. The maximum Gasteiger partial charge on any atom is 0.430 e. The molecule has 2 atom stereocenters. The van der Waals surface area contributed by atoms with E-state index in [0.717, 1.165) is 6.07 Å². The first-order chi connectivity index (χ1) is 8.16. The van der Waals surface area contributed by atoms with E-state index < -0.39 is 29.6 Å². The molecule has 0 aromatic carbocycles. The van der Waals surface area contributed by atoms with Crippen LogP contribution in [0.2, 0.25) is 0 Å². The molecule has 0 fully saturated rings. The van der Waals surface area contributed by atoms with Crippen LogP contribution < -0.4 is 0 Å². The molecule has 1 N–H and O–H groups in total. The van der Waals surface area contributed by atoms with E-state index in [9.17, 15) is 27.9 Å². The number of halogens is 3. The maximum absolute atomic E-state index is 12.7. The molecule has 0 saturated heterocycles. The van der Waals surface area contributed by atoms with Crippen molar-refractivity contribution < 1.29 is 37.3 Å². The minimum atomic E-state index is -5.56. The number of esters is 2. The van der Waals surface area contributed by atoms with Gasteiger partial charge in [0.15, 0.2) is 5.92 Å². The number of methoxy groups -OCH3 is 1. The van der Waals surface area contributed by atoms with E-state index in [1.807, 2.05) is 0 Å². The average Bonchev–Trinajstić information content (AvgIpc) is 2.27. The predicted molar refractivity (Wildman–Crippen MR) is 48.8 cm³/mol. The Balaban J connectivity index is 5.65. The van der Waals surface area contributed by atoms with Crippen molar-refractivity contribution >= 4 is 11.9 Å². The molecule has 0 amide bonds. The van der Waals surface area contributed by atoms with Crippen molar-refractivity contribution in [1.82, 2.24) is 0 Å². The average molecular weight is 269 g/mol. The summed E-state index contributed by atoms with van der Waals surface area (Å²) in [5.74, 6) is -6.58. The van der Waals surface area contributed by atoms with Gasteiger partial charge in [-0.3, -0.25) is 4.79 Å².